The van der Waals surface area contributed by atoms with Gasteiger partial charge in [-0.2, -0.15) is 4.37 Å². The molecular formula is C21H19FN2O4S. The number of aryl methyl sites for hydroxylation is 1. The second-order valence-electron chi connectivity index (χ2n) is 6.52. The molecule has 0 spiro atoms. The number of rotatable bonds is 5. The van der Waals surface area contributed by atoms with Gasteiger partial charge in [0.05, 0.1) is 12.3 Å². The molecule has 0 saturated heterocycles. The zero-order chi connectivity index (χ0) is 20.4. The van der Waals surface area contributed by atoms with Crippen molar-refractivity contribution in [2.24, 2.45) is 0 Å². The van der Waals surface area contributed by atoms with Crippen LogP contribution >= 0.6 is 11.5 Å². The number of nitrogens with one attached hydrogen (secondary N) is 1. The first kappa shape index (κ1) is 19.4. The number of esters is 1. The third kappa shape index (κ3) is 3.94. The minimum absolute atomic E-state index is 0.126. The number of aromatic nitrogens is 1. The molecule has 0 radical (unpaired) electrons. The van der Waals surface area contributed by atoms with Gasteiger partial charge in [-0.1, -0.05) is 30.3 Å². The van der Waals surface area contributed by atoms with Crippen LogP contribution in [-0.2, 0) is 22.7 Å². The number of carbonyl (C=O) groups excluding carboxylic acids is 1. The van der Waals surface area contributed by atoms with Gasteiger partial charge in [-0.15, -0.1) is 0 Å². The summed E-state index contributed by atoms with van der Waals surface area (Å²) in [6.07, 6.45) is -0.608. The predicted octanol–water partition coefficient (Wildman–Crippen LogP) is 4.60. The van der Waals surface area contributed by atoms with Crippen molar-refractivity contribution in [2.45, 2.75) is 26.4 Å². The first-order valence-electron chi connectivity index (χ1n) is 9.02. The van der Waals surface area contributed by atoms with Gasteiger partial charge in [0.2, 0.25) is 6.29 Å². The lowest BCUT2D eigenvalue weighted by atomic mass is 10.1. The monoisotopic (exact) mass is 414 g/mol. The Morgan fingerprint density at radius 1 is 1.34 bits per heavy atom. The predicted molar refractivity (Wildman–Crippen MR) is 107 cm³/mol. The van der Waals surface area contributed by atoms with Crippen LogP contribution in [0.2, 0.25) is 0 Å². The standard InChI is InChI=1S/C21H19FN2O4S/c1-12-17(19(23-2)29-24-12)20(25)26-10-14-8-16(22)9-15-11-27-21(28-18(14)15)13-6-4-3-5-7-13/h3-9,21,23H,10-11H2,1-2H3/t21-/m0/s1. The van der Waals surface area contributed by atoms with Crippen molar-refractivity contribution in [1.82, 2.24) is 4.37 Å². The van der Waals surface area contributed by atoms with Gasteiger partial charge >= 0.3 is 5.97 Å². The Hall–Kier alpha value is -2.97. The van der Waals surface area contributed by atoms with Gasteiger partial charge in [0.15, 0.2) is 0 Å². The van der Waals surface area contributed by atoms with Gasteiger partial charge in [0.1, 0.15) is 28.7 Å². The first-order chi connectivity index (χ1) is 14.1. The molecule has 1 atom stereocenters. The summed E-state index contributed by atoms with van der Waals surface area (Å²) in [4.78, 5) is 12.6. The Kier molecular flexibility index (Phi) is 5.46. The lowest BCUT2D eigenvalue weighted by Gasteiger charge is -2.28. The summed E-state index contributed by atoms with van der Waals surface area (Å²) < 4.78 is 35.4. The van der Waals surface area contributed by atoms with Crippen LogP contribution in [0.25, 0.3) is 0 Å². The van der Waals surface area contributed by atoms with Crippen LogP contribution in [0.4, 0.5) is 9.39 Å². The molecule has 2 heterocycles. The van der Waals surface area contributed by atoms with Gasteiger partial charge in [0.25, 0.3) is 0 Å². The summed E-state index contributed by atoms with van der Waals surface area (Å²) in [7, 11) is 1.71. The van der Waals surface area contributed by atoms with E-state index in [-0.39, 0.29) is 13.2 Å². The van der Waals surface area contributed by atoms with Gasteiger partial charge in [-0.05, 0) is 30.6 Å². The normalized spacial score (nSPS) is 15.3. The Labute approximate surface area is 171 Å². The van der Waals surface area contributed by atoms with Crippen molar-refractivity contribution < 1.29 is 23.4 Å². The number of fused-ring (bicyclic) bond motifs is 1. The molecule has 0 saturated carbocycles. The van der Waals surface area contributed by atoms with Crippen molar-refractivity contribution in [3.8, 4) is 5.75 Å². The molecule has 3 aromatic rings. The smallest absolute Gasteiger partial charge is 0.343 e. The number of halogens is 1. The lowest BCUT2D eigenvalue weighted by Crippen LogP contribution is -2.20. The van der Waals surface area contributed by atoms with Crippen LogP contribution in [0.5, 0.6) is 5.75 Å². The maximum atomic E-state index is 14.1. The van der Waals surface area contributed by atoms with E-state index in [1.807, 2.05) is 30.3 Å². The average molecular weight is 414 g/mol. The van der Waals surface area contributed by atoms with Crippen LogP contribution < -0.4 is 10.1 Å². The van der Waals surface area contributed by atoms with Crippen molar-refractivity contribution in [2.75, 3.05) is 12.4 Å². The highest BCUT2D eigenvalue weighted by atomic mass is 32.1. The molecule has 150 valence electrons. The van der Waals surface area contributed by atoms with E-state index in [1.54, 1.807) is 14.0 Å². The summed E-state index contributed by atoms with van der Waals surface area (Å²) in [5.41, 5.74) is 2.84. The molecule has 8 heteroatoms. The Morgan fingerprint density at radius 3 is 2.90 bits per heavy atom. The van der Waals surface area contributed by atoms with Gasteiger partial charge in [-0.25, -0.2) is 9.18 Å². The Bertz CT molecular complexity index is 1040. The van der Waals surface area contributed by atoms with E-state index < -0.39 is 18.1 Å². The fourth-order valence-corrected chi connectivity index (χ4v) is 3.89. The zero-order valence-electron chi connectivity index (χ0n) is 15.9. The highest BCUT2D eigenvalue weighted by Gasteiger charge is 2.26. The van der Waals surface area contributed by atoms with E-state index in [0.717, 1.165) is 5.56 Å². The maximum Gasteiger partial charge on any atom is 0.343 e. The molecule has 1 aliphatic heterocycles. The van der Waals surface area contributed by atoms with Gasteiger partial charge in [0, 0.05) is 23.7 Å². The van der Waals surface area contributed by atoms with Crippen molar-refractivity contribution in [1.29, 1.82) is 0 Å². The molecule has 1 aliphatic rings. The highest BCUT2D eigenvalue weighted by molar-refractivity contribution is 7.10. The molecule has 0 aliphatic carbocycles. The lowest BCUT2D eigenvalue weighted by molar-refractivity contribution is -0.112. The van der Waals surface area contributed by atoms with Crippen LogP contribution in [0.1, 0.15) is 39.0 Å². The second-order valence-corrected chi connectivity index (χ2v) is 7.30. The van der Waals surface area contributed by atoms with Crippen molar-refractivity contribution >= 4 is 22.5 Å². The van der Waals surface area contributed by atoms with Crippen molar-refractivity contribution in [3.05, 3.63) is 76.2 Å². The second kappa shape index (κ2) is 8.18. The molecule has 0 bridgehead atoms. The summed E-state index contributed by atoms with van der Waals surface area (Å²) in [6.45, 7) is 1.81. The fraction of sp³-hybridized carbons (Fsp3) is 0.238. The van der Waals surface area contributed by atoms with E-state index in [1.165, 1.54) is 23.7 Å². The topological polar surface area (TPSA) is 69.7 Å². The zero-order valence-corrected chi connectivity index (χ0v) is 16.7. The molecule has 6 nitrogen and oxygen atoms in total. The number of hydrogen-bond acceptors (Lipinski definition) is 7. The first-order valence-corrected chi connectivity index (χ1v) is 9.79. The molecule has 29 heavy (non-hydrogen) atoms. The van der Waals surface area contributed by atoms with E-state index in [2.05, 4.69) is 9.69 Å². The van der Waals surface area contributed by atoms with Crippen molar-refractivity contribution in [3.63, 3.8) is 0 Å². The number of nitrogens with zero attached hydrogens (tertiary/aromatic N) is 1. The van der Waals surface area contributed by atoms with Crippen LogP contribution in [0.3, 0.4) is 0 Å². The molecule has 2 aromatic carbocycles. The third-order valence-corrected chi connectivity index (χ3v) is 5.50. The molecule has 0 amide bonds. The SMILES string of the molecule is CNc1snc(C)c1C(=O)OCc1cc(F)cc2c1O[C@@H](c1ccccc1)OC2. The highest BCUT2D eigenvalue weighted by Crippen LogP contribution is 2.37. The summed E-state index contributed by atoms with van der Waals surface area (Å²) in [5, 5.41) is 3.56. The Morgan fingerprint density at radius 2 is 2.14 bits per heavy atom. The Balaban J connectivity index is 1.56. The van der Waals surface area contributed by atoms with Crippen LogP contribution in [0, 0.1) is 12.7 Å². The van der Waals surface area contributed by atoms with E-state index >= 15 is 0 Å². The van der Waals surface area contributed by atoms with E-state index in [4.69, 9.17) is 14.2 Å². The fourth-order valence-electron chi connectivity index (χ4n) is 3.15. The van der Waals surface area contributed by atoms with Gasteiger partial charge in [-0.3, -0.25) is 0 Å². The summed E-state index contributed by atoms with van der Waals surface area (Å²) in [5.74, 6) is -0.483. The number of hydrogen-bond donors (Lipinski definition) is 1. The molecular weight excluding hydrogens is 395 g/mol. The molecule has 4 rings (SSSR count). The van der Waals surface area contributed by atoms with Crippen LogP contribution in [0.15, 0.2) is 42.5 Å². The molecule has 0 fully saturated rings. The average Bonchev–Trinajstić information content (AvgIpc) is 3.12. The number of anilines is 1. The largest absolute Gasteiger partial charge is 0.460 e. The number of carbonyl (C=O) groups is 1. The summed E-state index contributed by atoms with van der Waals surface area (Å²) >= 11 is 1.19. The summed E-state index contributed by atoms with van der Waals surface area (Å²) in [6, 6.07) is 12.2. The molecule has 0 unspecified atom stereocenters. The third-order valence-electron chi connectivity index (χ3n) is 4.55. The molecule has 1 N–H and O–H groups in total. The van der Waals surface area contributed by atoms with E-state index in [9.17, 15) is 9.18 Å². The minimum Gasteiger partial charge on any atom is -0.460 e. The molecule has 1 aromatic heterocycles. The van der Waals surface area contributed by atoms with Gasteiger partial charge < -0.3 is 19.5 Å². The maximum absolute atomic E-state index is 14.1. The quantitative estimate of drug-likeness (QED) is 0.616. The number of ether oxygens (including phenoxy) is 3. The van der Waals surface area contributed by atoms with Crippen LogP contribution in [-0.4, -0.2) is 17.4 Å². The minimum atomic E-state index is -0.608. The number of benzene rings is 2. The van der Waals surface area contributed by atoms with E-state index in [0.29, 0.717) is 33.1 Å².